The van der Waals surface area contributed by atoms with Gasteiger partial charge < -0.3 is 9.47 Å². The number of fused-ring (bicyclic) bond motifs is 1. The van der Waals surface area contributed by atoms with E-state index in [-0.39, 0.29) is 11.5 Å². The van der Waals surface area contributed by atoms with Crippen molar-refractivity contribution < 1.29 is 8.42 Å². The summed E-state index contributed by atoms with van der Waals surface area (Å²) in [5.41, 5.74) is 1.85. The van der Waals surface area contributed by atoms with Crippen LogP contribution in [0.25, 0.3) is 11.0 Å². The highest BCUT2D eigenvalue weighted by Gasteiger charge is 2.55. The summed E-state index contributed by atoms with van der Waals surface area (Å²) in [4.78, 5) is 11.0. The van der Waals surface area contributed by atoms with Crippen LogP contribution in [0.5, 0.6) is 0 Å². The standard InChI is InChI=1S/C17H25ClN6O2S/c1-3-4-5-24(27(19,25)26)12-6-17(7-12)9-23(10-17)16-15-14(20-11-21-16)13(18)8-22(15)2/h8,11-12H,3-7,9-10H2,1-2H3,(H2,19,25,26). The van der Waals surface area contributed by atoms with Gasteiger partial charge in [0.15, 0.2) is 5.82 Å². The average Bonchev–Trinajstić information content (AvgIpc) is 2.81. The Labute approximate surface area is 164 Å². The van der Waals surface area contributed by atoms with Crippen LogP contribution in [0.15, 0.2) is 12.5 Å². The zero-order chi connectivity index (χ0) is 19.4. The summed E-state index contributed by atoms with van der Waals surface area (Å²) < 4.78 is 27.3. The van der Waals surface area contributed by atoms with E-state index >= 15 is 0 Å². The minimum Gasteiger partial charge on any atom is -0.354 e. The summed E-state index contributed by atoms with van der Waals surface area (Å²) in [6.45, 7) is 4.29. The van der Waals surface area contributed by atoms with Crippen molar-refractivity contribution in [1.82, 2.24) is 18.8 Å². The third-order valence-corrected chi connectivity index (χ3v) is 7.26. The van der Waals surface area contributed by atoms with Crippen molar-refractivity contribution >= 4 is 38.7 Å². The number of nitrogens with two attached hydrogens (primary N) is 1. The Hall–Kier alpha value is -1.42. The number of rotatable bonds is 6. The SMILES string of the molecule is CCCCN(C1CC2(C1)CN(c1ncnc3c(Cl)cn(C)c13)C2)S(N)(=O)=O. The first-order chi connectivity index (χ1) is 12.7. The maximum atomic E-state index is 11.9. The Morgan fingerprint density at radius 1 is 1.37 bits per heavy atom. The molecule has 2 aromatic heterocycles. The van der Waals surface area contributed by atoms with Gasteiger partial charge in [-0.25, -0.2) is 15.1 Å². The number of nitrogens with zero attached hydrogens (tertiary/aromatic N) is 5. The predicted molar refractivity (Wildman–Crippen MR) is 106 cm³/mol. The van der Waals surface area contributed by atoms with Crippen molar-refractivity contribution in [3.05, 3.63) is 17.5 Å². The number of anilines is 1. The molecule has 27 heavy (non-hydrogen) atoms. The quantitative estimate of drug-likeness (QED) is 0.781. The molecule has 148 valence electrons. The lowest BCUT2D eigenvalue weighted by Crippen LogP contribution is -2.67. The van der Waals surface area contributed by atoms with E-state index in [0.717, 1.165) is 55.6 Å². The first-order valence-corrected chi connectivity index (χ1v) is 11.1. The maximum Gasteiger partial charge on any atom is 0.277 e. The summed E-state index contributed by atoms with van der Waals surface area (Å²) in [6, 6.07) is 0.0172. The van der Waals surface area contributed by atoms with Crippen LogP contribution < -0.4 is 10.0 Å². The van der Waals surface area contributed by atoms with Crippen molar-refractivity contribution in [3.8, 4) is 0 Å². The molecule has 0 bridgehead atoms. The highest BCUT2D eigenvalue weighted by Crippen LogP contribution is 2.52. The van der Waals surface area contributed by atoms with Crippen LogP contribution in [0.4, 0.5) is 5.82 Å². The lowest BCUT2D eigenvalue weighted by Gasteiger charge is -2.60. The van der Waals surface area contributed by atoms with Gasteiger partial charge in [-0.1, -0.05) is 24.9 Å². The Morgan fingerprint density at radius 2 is 2.07 bits per heavy atom. The molecule has 1 saturated heterocycles. The van der Waals surface area contributed by atoms with Gasteiger partial charge in [0.05, 0.1) is 5.02 Å². The van der Waals surface area contributed by atoms with Crippen LogP contribution in [0, 0.1) is 5.41 Å². The second-order valence-corrected chi connectivity index (χ2v) is 9.82. The molecule has 2 aromatic rings. The van der Waals surface area contributed by atoms with E-state index in [9.17, 15) is 8.42 Å². The summed E-state index contributed by atoms with van der Waals surface area (Å²) in [5, 5.41) is 6.05. The molecule has 1 aliphatic carbocycles. The molecular formula is C17H25ClN6O2S. The highest BCUT2D eigenvalue weighted by atomic mass is 35.5. The van der Waals surface area contributed by atoms with Crippen molar-refractivity contribution in [2.45, 2.75) is 38.6 Å². The van der Waals surface area contributed by atoms with Crippen LogP contribution in [-0.4, -0.2) is 52.9 Å². The molecule has 8 nitrogen and oxygen atoms in total. The minimum atomic E-state index is -3.65. The molecule has 10 heteroatoms. The molecule has 2 N–H and O–H groups in total. The van der Waals surface area contributed by atoms with E-state index in [1.807, 2.05) is 24.7 Å². The van der Waals surface area contributed by atoms with E-state index in [1.54, 1.807) is 6.33 Å². The van der Waals surface area contributed by atoms with Gasteiger partial charge >= 0.3 is 0 Å². The van der Waals surface area contributed by atoms with E-state index < -0.39 is 10.2 Å². The van der Waals surface area contributed by atoms with Crippen LogP contribution in [0.1, 0.15) is 32.6 Å². The molecule has 2 fully saturated rings. The first kappa shape index (κ1) is 18.9. The number of halogens is 1. The molecule has 0 radical (unpaired) electrons. The molecule has 2 aliphatic rings. The van der Waals surface area contributed by atoms with E-state index in [4.69, 9.17) is 16.7 Å². The highest BCUT2D eigenvalue weighted by molar-refractivity contribution is 7.86. The summed E-state index contributed by atoms with van der Waals surface area (Å²) in [5.74, 6) is 0.887. The minimum absolute atomic E-state index is 0.0172. The fourth-order valence-corrected chi connectivity index (χ4v) is 5.78. The second-order valence-electron chi connectivity index (χ2n) is 7.91. The number of aryl methyl sites for hydroxylation is 1. The van der Waals surface area contributed by atoms with Gasteiger partial charge in [-0.05, 0) is 19.3 Å². The molecule has 0 amide bonds. The van der Waals surface area contributed by atoms with Crippen LogP contribution in [-0.2, 0) is 17.3 Å². The van der Waals surface area contributed by atoms with Gasteiger partial charge in [0.1, 0.15) is 17.4 Å². The van der Waals surface area contributed by atoms with Crippen molar-refractivity contribution in [2.75, 3.05) is 24.5 Å². The number of hydrogen-bond donors (Lipinski definition) is 1. The lowest BCUT2D eigenvalue weighted by atomic mass is 9.60. The molecule has 4 rings (SSSR count). The Morgan fingerprint density at radius 3 is 2.70 bits per heavy atom. The Balaban J connectivity index is 1.45. The molecule has 1 saturated carbocycles. The van der Waals surface area contributed by atoms with E-state index in [2.05, 4.69) is 14.9 Å². The summed E-state index contributed by atoms with van der Waals surface area (Å²) >= 11 is 6.24. The normalized spacial score (nSPS) is 19.7. The van der Waals surface area contributed by atoms with Gasteiger partial charge in [0.2, 0.25) is 0 Å². The second kappa shape index (κ2) is 6.58. The largest absolute Gasteiger partial charge is 0.354 e. The smallest absolute Gasteiger partial charge is 0.277 e. The molecule has 0 aromatic carbocycles. The van der Waals surface area contributed by atoms with Gasteiger partial charge in [0, 0.05) is 44.3 Å². The lowest BCUT2D eigenvalue weighted by molar-refractivity contribution is 0.0131. The van der Waals surface area contributed by atoms with Crippen molar-refractivity contribution in [3.63, 3.8) is 0 Å². The Bertz CT molecular complexity index is 961. The molecular weight excluding hydrogens is 388 g/mol. The Kier molecular flexibility index (Phi) is 4.61. The van der Waals surface area contributed by atoms with Gasteiger partial charge in [0.25, 0.3) is 10.2 Å². The zero-order valence-electron chi connectivity index (χ0n) is 15.6. The first-order valence-electron chi connectivity index (χ1n) is 9.24. The fraction of sp³-hybridized carbons (Fsp3) is 0.647. The monoisotopic (exact) mass is 412 g/mol. The zero-order valence-corrected chi connectivity index (χ0v) is 17.2. The van der Waals surface area contributed by atoms with Crippen LogP contribution >= 0.6 is 11.6 Å². The predicted octanol–water partition coefficient (Wildman–Crippen LogP) is 1.90. The van der Waals surface area contributed by atoms with Gasteiger partial charge in [-0.15, -0.1) is 0 Å². The molecule has 1 spiro atoms. The third-order valence-electron chi connectivity index (χ3n) is 5.84. The molecule has 0 unspecified atom stereocenters. The molecule has 0 atom stereocenters. The van der Waals surface area contributed by atoms with Crippen molar-refractivity contribution in [2.24, 2.45) is 17.6 Å². The van der Waals surface area contributed by atoms with Gasteiger partial charge in [-0.2, -0.15) is 12.7 Å². The van der Waals surface area contributed by atoms with Crippen LogP contribution in [0.2, 0.25) is 5.02 Å². The number of aromatic nitrogens is 3. The number of unbranched alkanes of at least 4 members (excludes halogenated alkanes) is 1. The maximum absolute atomic E-state index is 11.9. The topological polar surface area (TPSA) is 97.3 Å². The van der Waals surface area contributed by atoms with Gasteiger partial charge in [-0.3, -0.25) is 0 Å². The summed E-state index contributed by atoms with van der Waals surface area (Å²) in [7, 11) is -1.71. The van der Waals surface area contributed by atoms with E-state index in [0.29, 0.717) is 11.6 Å². The fourth-order valence-electron chi connectivity index (χ4n) is 4.54. The molecule has 1 aliphatic heterocycles. The molecule has 3 heterocycles. The number of hydrogen-bond acceptors (Lipinski definition) is 5. The third kappa shape index (κ3) is 3.20. The van der Waals surface area contributed by atoms with E-state index in [1.165, 1.54) is 4.31 Å². The summed E-state index contributed by atoms with van der Waals surface area (Å²) in [6.07, 6.45) is 6.87. The van der Waals surface area contributed by atoms with Crippen molar-refractivity contribution in [1.29, 1.82) is 0 Å². The average molecular weight is 413 g/mol. The van der Waals surface area contributed by atoms with Crippen LogP contribution in [0.3, 0.4) is 0 Å².